The fourth-order valence-corrected chi connectivity index (χ4v) is 4.81. The Balaban J connectivity index is 1.86. The van der Waals surface area contributed by atoms with Gasteiger partial charge < -0.3 is 14.7 Å². The average molecular weight is 499 g/mol. The number of Topliss-reactive ketones (excluding diaryl/α,β-unsaturated/α-hetero) is 1. The maximum absolute atomic E-state index is 13.5. The molecule has 0 aromatic heterocycles. The Morgan fingerprint density at radius 2 is 1.65 bits per heavy atom. The van der Waals surface area contributed by atoms with Crippen molar-refractivity contribution in [2.24, 2.45) is 0 Å². The second-order valence-corrected chi connectivity index (χ2v) is 9.47. The van der Waals surface area contributed by atoms with E-state index >= 15 is 0 Å². The highest BCUT2D eigenvalue weighted by Gasteiger charge is 2.47. The minimum Gasteiger partial charge on any atom is -0.507 e. The molecule has 1 aliphatic heterocycles. The molecular formula is C31H34N2O4. The number of aliphatic hydroxyl groups is 1. The van der Waals surface area contributed by atoms with Gasteiger partial charge in [0.05, 0.1) is 17.7 Å². The zero-order chi connectivity index (χ0) is 26.7. The molecule has 1 atom stereocenters. The fourth-order valence-electron chi connectivity index (χ4n) is 4.81. The zero-order valence-electron chi connectivity index (χ0n) is 22.1. The SMILES string of the molecule is CCN(CC)c1ccc(N2C(=O)C(=O)/C(=C(\O)c3cccc(OC(C)C)c3)C2c2cccc(C)c2)cc1. The van der Waals surface area contributed by atoms with Crippen LogP contribution in [0.5, 0.6) is 5.75 Å². The highest BCUT2D eigenvalue weighted by molar-refractivity contribution is 6.51. The Bertz CT molecular complexity index is 1320. The predicted octanol–water partition coefficient (Wildman–Crippen LogP) is 6.25. The summed E-state index contributed by atoms with van der Waals surface area (Å²) in [7, 11) is 0. The smallest absolute Gasteiger partial charge is 0.300 e. The highest BCUT2D eigenvalue weighted by atomic mass is 16.5. The number of ketones is 1. The number of anilines is 2. The van der Waals surface area contributed by atoms with Crippen molar-refractivity contribution in [1.82, 2.24) is 0 Å². The van der Waals surface area contributed by atoms with Gasteiger partial charge in [0.25, 0.3) is 11.7 Å². The van der Waals surface area contributed by atoms with Gasteiger partial charge in [-0.1, -0.05) is 42.0 Å². The molecule has 1 unspecified atom stereocenters. The quantitative estimate of drug-likeness (QED) is 0.226. The lowest BCUT2D eigenvalue weighted by atomic mass is 9.94. The summed E-state index contributed by atoms with van der Waals surface area (Å²) in [4.78, 5) is 30.6. The van der Waals surface area contributed by atoms with E-state index in [1.807, 2.05) is 69.3 Å². The fraction of sp³-hybridized carbons (Fsp3) is 0.290. The Hall–Kier alpha value is -4.06. The number of hydrogen-bond acceptors (Lipinski definition) is 5. The molecular weight excluding hydrogens is 464 g/mol. The molecule has 6 heteroatoms. The maximum Gasteiger partial charge on any atom is 0.300 e. The Morgan fingerprint density at radius 3 is 2.27 bits per heavy atom. The van der Waals surface area contributed by atoms with Gasteiger partial charge in [-0.2, -0.15) is 0 Å². The summed E-state index contributed by atoms with van der Waals surface area (Å²) < 4.78 is 5.78. The van der Waals surface area contributed by atoms with Crippen LogP contribution in [-0.4, -0.2) is 36.0 Å². The van der Waals surface area contributed by atoms with Crippen LogP contribution in [-0.2, 0) is 9.59 Å². The first-order chi connectivity index (χ1) is 17.7. The molecule has 1 N–H and O–H groups in total. The van der Waals surface area contributed by atoms with Crippen molar-refractivity contribution in [2.45, 2.75) is 46.8 Å². The molecule has 6 nitrogen and oxygen atoms in total. The number of nitrogens with zero attached hydrogens (tertiary/aromatic N) is 2. The number of benzene rings is 3. The van der Waals surface area contributed by atoms with Crippen LogP contribution in [0.3, 0.4) is 0 Å². The number of amides is 1. The van der Waals surface area contributed by atoms with Crippen LogP contribution in [0.1, 0.15) is 50.4 Å². The molecule has 1 heterocycles. The van der Waals surface area contributed by atoms with Crippen molar-refractivity contribution in [3.05, 3.63) is 95.1 Å². The van der Waals surface area contributed by atoms with Crippen LogP contribution in [0.15, 0.2) is 78.4 Å². The summed E-state index contributed by atoms with van der Waals surface area (Å²) >= 11 is 0. The highest BCUT2D eigenvalue weighted by Crippen LogP contribution is 2.43. The zero-order valence-corrected chi connectivity index (χ0v) is 22.1. The number of carbonyl (C=O) groups excluding carboxylic acids is 2. The number of aliphatic hydroxyl groups excluding tert-OH is 1. The van der Waals surface area contributed by atoms with Gasteiger partial charge in [-0.25, -0.2) is 0 Å². The summed E-state index contributed by atoms with van der Waals surface area (Å²) in [5.74, 6) is -1.03. The molecule has 0 aliphatic carbocycles. The van der Waals surface area contributed by atoms with Gasteiger partial charge in [0.1, 0.15) is 11.5 Å². The van der Waals surface area contributed by atoms with Crippen molar-refractivity contribution >= 4 is 28.8 Å². The first kappa shape index (κ1) is 26.0. The van der Waals surface area contributed by atoms with Crippen LogP contribution < -0.4 is 14.5 Å². The van der Waals surface area contributed by atoms with E-state index in [0.29, 0.717) is 17.0 Å². The van der Waals surface area contributed by atoms with Gasteiger partial charge in [0.15, 0.2) is 0 Å². The molecule has 0 saturated carbocycles. The first-order valence-electron chi connectivity index (χ1n) is 12.7. The van der Waals surface area contributed by atoms with Crippen LogP contribution in [0.2, 0.25) is 0 Å². The van der Waals surface area contributed by atoms with E-state index in [4.69, 9.17) is 4.74 Å². The molecule has 0 spiro atoms. The second-order valence-electron chi connectivity index (χ2n) is 9.47. The molecule has 1 aliphatic rings. The van der Waals surface area contributed by atoms with E-state index in [0.717, 1.165) is 29.9 Å². The molecule has 4 rings (SSSR count). The van der Waals surface area contributed by atoms with Gasteiger partial charge in [-0.05, 0) is 76.6 Å². The third-order valence-corrected chi connectivity index (χ3v) is 6.54. The normalized spacial score (nSPS) is 16.9. The van der Waals surface area contributed by atoms with Gasteiger partial charge in [-0.3, -0.25) is 14.5 Å². The first-order valence-corrected chi connectivity index (χ1v) is 12.7. The van der Waals surface area contributed by atoms with Crippen molar-refractivity contribution < 1.29 is 19.4 Å². The summed E-state index contributed by atoms with van der Waals surface area (Å²) in [6, 6.07) is 21.5. The van der Waals surface area contributed by atoms with Gasteiger partial charge in [0.2, 0.25) is 0 Å². The van der Waals surface area contributed by atoms with E-state index < -0.39 is 17.7 Å². The monoisotopic (exact) mass is 498 g/mol. The summed E-state index contributed by atoms with van der Waals surface area (Å²) in [6.07, 6.45) is -0.0467. The average Bonchev–Trinajstić information content (AvgIpc) is 3.15. The number of carbonyl (C=O) groups is 2. The third kappa shape index (κ3) is 5.24. The summed E-state index contributed by atoms with van der Waals surface area (Å²) in [6.45, 7) is 11.7. The lowest BCUT2D eigenvalue weighted by Gasteiger charge is -2.27. The second kappa shape index (κ2) is 10.9. The van der Waals surface area contributed by atoms with E-state index in [-0.39, 0.29) is 17.4 Å². The number of ether oxygens (including phenoxy) is 1. The predicted molar refractivity (Wildman–Crippen MR) is 148 cm³/mol. The maximum atomic E-state index is 13.5. The van der Waals surface area contributed by atoms with Gasteiger partial charge >= 0.3 is 0 Å². The largest absolute Gasteiger partial charge is 0.507 e. The Labute approximate surface area is 218 Å². The Kier molecular flexibility index (Phi) is 7.67. The number of hydrogen-bond donors (Lipinski definition) is 1. The molecule has 1 saturated heterocycles. The van der Waals surface area contributed by atoms with Crippen molar-refractivity contribution in [3.8, 4) is 5.75 Å². The van der Waals surface area contributed by atoms with Gasteiger partial charge in [0, 0.05) is 30.0 Å². The van der Waals surface area contributed by atoms with Crippen molar-refractivity contribution in [2.75, 3.05) is 22.9 Å². The number of aryl methyl sites for hydroxylation is 1. The van der Waals surface area contributed by atoms with Crippen LogP contribution in [0.25, 0.3) is 5.76 Å². The lowest BCUT2D eigenvalue weighted by Crippen LogP contribution is -2.29. The van der Waals surface area contributed by atoms with Gasteiger partial charge in [-0.15, -0.1) is 0 Å². The molecule has 0 bridgehead atoms. The minimum atomic E-state index is -0.770. The molecule has 37 heavy (non-hydrogen) atoms. The molecule has 1 amide bonds. The summed E-state index contributed by atoms with van der Waals surface area (Å²) in [5.41, 5.74) is 3.87. The third-order valence-electron chi connectivity index (χ3n) is 6.54. The summed E-state index contributed by atoms with van der Waals surface area (Å²) in [5, 5.41) is 11.4. The molecule has 1 fully saturated rings. The van der Waals surface area contributed by atoms with Crippen LogP contribution in [0, 0.1) is 6.92 Å². The van der Waals surface area contributed by atoms with Crippen molar-refractivity contribution in [1.29, 1.82) is 0 Å². The molecule has 192 valence electrons. The van der Waals surface area contributed by atoms with E-state index in [2.05, 4.69) is 18.7 Å². The van der Waals surface area contributed by atoms with Crippen molar-refractivity contribution in [3.63, 3.8) is 0 Å². The van der Waals surface area contributed by atoms with Crippen LogP contribution >= 0.6 is 0 Å². The topological polar surface area (TPSA) is 70.1 Å². The van der Waals surface area contributed by atoms with E-state index in [1.54, 1.807) is 24.3 Å². The number of rotatable bonds is 8. The molecule has 3 aromatic rings. The van der Waals surface area contributed by atoms with E-state index in [9.17, 15) is 14.7 Å². The van der Waals surface area contributed by atoms with E-state index in [1.165, 1.54) is 4.90 Å². The Morgan fingerprint density at radius 1 is 0.973 bits per heavy atom. The minimum absolute atomic E-state index is 0.0467. The standard InChI is InChI=1S/C31H34N2O4/c1-6-32(7-2)24-14-16-25(17-15-24)33-28(22-11-8-10-21(5)18-22)27(30(35)31(33)36)29(34)23-12-9-13-26(19-23)37-20(3)4/h8-20,28,34H,6-7H2,1-5H3/b29-27-. The molecule has 3 aromatic carbocycles. The lowest BCUT2D eigenvalue weighted by molar-refractivity contribution is -0.132. The molecule has 0 radical (unpaired) electrons. The van der Waals surface area contributed by atoms with Crippen LogP contribution in [0.4, 0.5) is 11.4 Å².